The first-order valence-corrected chi connectivity index (χ1v) is 12.9. The van der Waals surface area contributed by atoms with Gasteiger partial charge in [0.2, 0.25) is 0 Å². The van der Waals surface area contributed by atoms with Crippen molar-refractivity contribution in [1.29, 1.82) is 0 Å². The lowest BCUT2D eigenvalue weighted by molar-refractivity contribution is -0.121. The predicted molar refractivity (Wildman–Crippen MR) is 151 cm³/mol. The smallest absolute Gasteiger partial charge is 0.265 e. The summed E-state index contributed by atoms with van der Waals surface area (Å²) in [6.07, 6.45) is 3.76. The second kappa shape index (κ2) is 10.5. The Hall–Kier alpha value is -3.10. The Bertz CT molecular complexity index is 1480. The lowest BCUT2D eigenvalue weighted by Crippen LogP contribution is -2.22. The zero-order valence-corrected chi connectivity index (χ0v) is 22.2. The monoisotopic (exact) mass is 551 g/mol. The summed E-state index contributed by atoms with van der Waals surface area (Å²) >= 11 is 18.8. The van der Waals surface area contributed by atoms with Crippen LogP contribution in [-0.2, 0) is 11.4 Å². The minimum atomic E-state index is -0.118. The Morgan fingerprint density at radius 1 is 1.06 bits per heavy atom. The van der Waals surface area contributed by atoms with E-state index in [2.05, 4.69) is 0 Å². The Morgan fingerprint density at radius 3 is 2.47 bits per heavy atom. The van der Waals surface area contributed by atoms with Gasteiger partial charge in [-0.2, -0.15) is 5.10 Å². The summed E-state index contributed by atoms with van der Waals surface area (Å²) in [4.78, 5) is 14.7. The molecular formula is C27H19Cl2N3O2S2. The molecule has 0 bridgehead atoms. The van der Waals surface area contributed by atoms with Crippen LogP contribution in [0.25, 0.3) is 23.0 Å². The fraction of sp³-hybridized carbons (Fsp3) is 0.0741. The lowest BCUT2D eigenvalue weighted by Gasteiger charge is -2.09. The second-order valence-corrected chi connectivity index (χ2v) is 10.5. The van der Waals surface area contributed by atoms with Gasteiger partial charge in [0, 0.05) is 40.0 Å². The molecule has 1 aromatic heterocycles. The highest BCUT2D eigenvalue weighted by Crippen LogP contribution is 2.34. The summed E-state index contributed by atoms with van der Waals surface area (Å²) < 4.78 is 8.26. The number of thioether (sulfide) groups is 1. The number of amides is 1. The van der Waals surface area contributed by atoms with Crippen LogP contribution < -0.4 is 4.74 Å². The molecule has 0 spiro atoms. The molecule has 2 heterocycles. The standard InChI is InChI=1S/C27H19Cl2N3O2S2/c1-31-26(33)24(36-27(31)35)13-19-15-32(21-5-3-2-4-6-21)30-25(19)17-8-11-22(12-9-17)34-16-18-7-10-20(28)14-23(18)29/h2-15H,16H2,1H3. The van der Waals surface area contributed by atoms with Crippen molar-refractivity contribution in [2.24, 2.45) is 0 Å². The molecule has 180 valence electrons. The van der Waals surface area contributed by atoms with E-state index in [1.165, 1.54) is 16.7 Å². The van der Waals surface area contributed by atoms with Crippen LogP contribution in [-0.4, -0.2) is 32.0 Å². The number of nitrogens with zero attached hydrogens (tertiary/aromatic N) is 3. The first kappa shape index (κ1) is 24.6. The van der Waals surface area contributed by atoms with Crippen molar-refractivity contribution in [3.63, 3.8) is 0 Å². The molecule has 0 atom stereocenters. The molecular weight excluding hydrogens is 533 g/mol. The van der Waals surface area contributed by atoms with Gasteiger partial charge in [-0.1, -0.05) is 71.4 Å². The fourth-order valence-electron chi connectivity index (χ4n) is 3.63. The van der Waals surface area contributed by atoms with Gasteiger partial charge in [-0.25, -0.2) is 4.68 Å². The Balaban J connectivity index is 1.45. The molecule has 1 fully saturated rings. The number of benzene rings is 3. The number of para-hydroxylation sites is 1. The summed E-state index contributed by atoms with van der Waals surface area (Å²) in [5.41, 5.74) is 4.21. The number of carbonyl (C=O) groups excluding carboxylic acids is 1. The molecule has 9 heteroatoms. The van der Waals surface area contributed by atoms with E-state index in [4.69, 9.17) is 45.3 Å². The molecule has 36 heavy (non-hydrogen) atoms. The van der Waals surface area contributed by atoms with Crippen molar-refractivity contribution in [3.8, 4) is 22.7 Å². The molecule has 0 aliphatic carbocycles. The number of carbonyl (C=O) groups is 1. The fourth-order valence-corrected chi connectivity index (χ4v) is 5.26. The van der Waals surface area contributed by atoms with Crippen LogP contribution in [0.2, 0.25) is 10.0 Å². The highest BCUT2D eigenvalue weighted by molar-refractivity contribution is 8.26. The highest BCUT2D eigenvalue weighted by Gasteiger charge is 2.29. The van der Waals surface area contributed by atoms with Gasteiger partial charge < -0.3 is 4.74 Å². The molecule has 1 amide bonds. The first-order valence-electron chi connectivity index (χ1n) is 10.9. The summed E-state index contributed by atoms with van der Waals surface area (Å²) in [5.74, 6) is 0.577. The normalized spacial score (nSPS) is 14.6. The number of halogens is 2. The number of likely N-dealkylation sites (N-methyl/N-ethyl adjacent to an activating group) is 1. The van der Waals surface area contributed by atoms with Crippen LogP contribution in [0.1, 0.15) is 11.1 Å². The molecule has 1 aliphatic heterocycles. The predicted octanol–water partition coefficient (Wildman–Crippen LogP) is 7.26. The van der Waals surface area contributed by atoms with E-state index >= 15 is 0 Å². The maximum atomic E-state index is 12.6. The summed E-state index contributed by atoms with van der Waals surface area (Å²) in [6.45, 7) is 0.322. The number of thiocarbonyl (C=S) groups is 1. The molecule has 1 saturated heterocycles. The number of ether oxygens (including phenoxy) is 1. The van der Waals surface area contributed by atoms with E-state index in [0.717, 1.165) is 28.1 Å². The first-order chi connectivity index (χ1) is 17.4. The third-order valence-corrected chi connectivity index (χ3v) is 7.65. The lowest BCUT2D eigenvalue weighted by atomic mass is 10.1. The zero-order valence-electron chi connectivity index (χ0n) is 19.0. The van der Waals surface area contributed by atoms with Crippen LogP contribution in [0.3, 0.4) is 0 Å². The molecule has 1 aliphatic rings. The van der Waals surface area contributed by atoms with E-state index < -0.39 is 0 Å². The Morgan fingerprint density at radius 2 is 1.81 bits per heavy atom. The van der Waals surface area contributed by atoms with E-state index in [1.54, 1.807) is 23.9 Å². The molecule has 0 radical (unpaired) electrons. The highest BCUT2D eigenvalue weighted by atomic mass is 35.5. The van der Waals surface area contributed by atoms with Crippen LogP contribution in [0, 0.1) is 0 Å². The maximum absolute atomic E-state index is 12.6. The zero-order chi connectivity index (χ0) is 25.2. The van der Waals surface area contributed by atoms with E-state index in [0.29, 0.717) is 31.6 Å². The second-order valence-electron chi connectivity index (χ2n) is 8.00. The SMILES string of the molecule is CN1C(=O)C(=Cc2cn(-c3ccccc3)nc2-c2ccc(OCc3ccc(Cl)cc3Cl)cc2)SC1=S. The average Bonchev–Trinajstić information content (AvgIpc) is 3.41. The van der Waals surface area contributed by atoms with Crippen LogP contribution >= 0.6 is 47.2 Å². The largest absolute Gasteiger partial charge is 0.489 e. The molecule has 4 aromatic rings. The third kappa shape index (κ3) is 5.20. The van der Waals surface area contributed by atoms with Crippen molar-refractivity contribution >= 4 is 63.5 Å². The van der Waals surface area contributed by atoms with Crippen LogP contribution in [0.15, 0.2) is 83.9 Å². The number of hydrogen-bond donors (Lipinski definition) is 0. The molecule has 3 aromatic carbocycles. The molecule has 0 saturated carbocycles. The third-order valence-electron chi connectivity index (χ3n) is 5.57. The van der Waals surface area contributed by atoms with Gasteiger partial charge in [-0.15, -0.1) is 0 Å². The van der Waals surface area contributed by atoms with Crippen LogP contribution in [0.4, 0.5) is 0 Å². The quantitative estimate of drug-likeness (QED) is 0.186. The number of aromatic nitrogens is 2. The summed E-state index contributed by atoms with van der Waals surface area (Å²) in [5, 5.41) is 5.98. The van der Waals surface area contributed by atoms with Crippen molar-refractivity contribution in [3.05, 3.63) is 105 Å². The molecule has 5 rings (SSSR count). The van der Waals surface area contributed by atoms with Gasteiger partial charge >= 0.3 is 0 Å². The van der Waals surface area contributed by atoms with Crippen LogP contribution in [0.5, 0.6) is 5.75 Å². The average molecular weight is 553 g/mol. The molecule has 5 nitrogen and oxygen atoms in total. The van der Waals surface area contributed by atoms with Crippen molar-refractivity contribution in [2.75, 3.05) is 7.05 Å². The topological polar surface area (TPSA) is 47.4 Å². The van der Waals surface area contributed by atoms with Gasteiger partial charge in [-0.3, -0.25) is 9.69 Å². The number of hydrogen-bond acceptors (Lipinski definition) is 5. The van der Waals surface area contributed by atoms with Crippen molar-refractivity contribution < 1.29 is 9.53 Å². The van der Waals surface area contributed by atoms with Crippen molar-refractivity contribution in [1.82, 2.24) is 14.7 Å². The minimum Gasteiger partial charge on any atom is -0.489 e. The van der Waals surface area contributed by atoms with Crippen molar-refractivity contribution in [2.45, 2.75) is 6.61 Å². The molecule has 0 N–H and O–H groups in total. The summed E-state index contributed by atoms with van der Waals surface area (Å²) in [6, 6.07) is 22.8. The molecule has 0 unspecified atom stereocenters. The Kier molecular flexibility index (Phi) is 7.16. The van der Waals surface area contributed by atoms with E-state index in [9.17, 15) is 4.79 Å². The maximum Gasteiger partial charge on any atom is 0.265 e. The number of rotatable bonds is 6. The van der Waals surface area contributed by atoms with Gasteiger partial charge in [0.05, 0.1) is 16.3 Å². The van der Waals surface area contributed by atoms with Gasteiger partial charge in [0.1, 0.15) is 16.7 Å². The van der Waals surface area contributed by atoms with Gasteiger partial charge in [-0.05, 0) is 54.6 Å². The van der Waals surface area contributed by atoms with Gasteiger partial charge in [0.15, 0.2) is 0 Å². The van der Waals surface area contributed by atoms with E-state index in [-0.39, 0.29) is 5.91 Å². The summed E-state index contributed by atoms with van der Waals surface area (Å²) in [7, 11) is 1.68. The van der Waals surface area contributed by atoms with E-state index in [1.807, 2.05) is 72.9 Å². The minimum absolute atomic E-state index is 0.118. The van der Waals surface area contributed by atoms with Gasteiger partial charge in [0.25, 0.3) is 5.91 Å². The Labute approximate surface area is 228 Å².